The maximum absolute atomic E-state index is 12.4. The van der Waals surface area contributed by atoms with Crippen molar-refractivity contribution in [3.05, 3.63) is 492 Å². The van der Waals surface area contributed by atoms with Crippen molar-refractivity contribution in [3.8, 4) is 56.8 Å². The summed E-state index contributed by atoms with van der Waals surface area (Å²) >= 11 is 0. The summed E-state index contributed by atoms with van der Waals surface area (Å²) in [6, 6.07) is 131. The molecule has 0 saturated heterocycles. The fraction of sp³-hybridized carbons (Fsp3) is 0.217. The summed E-state index contributed by atoms with van der Waals surface area (Å²) in [4.78, 5) is 24.8. The highest BCUT2D eigenvalue weighted by Gasteiger charge is 2.40. The van der Waals surface area contributed by atoms with E-state index in [9.17, 15) is 9.59 Å². The molecule has 0 atom stereocenters. The predicted octanol–water partition coefficient (Wildman–Crippen LogP) is 7.38. The fourth-order valence-corrected chi connectivity index (χ4v) is 17.3. The van der Waals surface area contributed by atoms with Crippen LogP contribution in [0.5, 0.6) is 34.5 Å². The van der Waals surface area contributed by atoms with Crippen molar-refractivity contribution in [2.45, 2.75) is 62.7 Å². The van der Waals surface area contributed by atoms with Gasteiger partial charge in [0, 0.05) is 96.7 Å². The molecule has 0 saturated carbocycles. The number of hydrogen-bond acceptors (Lipinski definition) is 12. The van der Waals surface area contributed by atoms with Gasteiger partial charge in [0.25, 0.3) is 0 Å². The Morgan fingerprint density at radius 2 is 0.387 bits per heavy atom. The number of halogens is 4. The van der Waals surface area contributed by atoms with Crippen LogP contribution in [-0.4, -0.2) is 117 Å². The molecule has 16 aromatic rings. The first-order valence-electron chi connectivity index (χ1n) is 47.7. The average Bonchev–Trinajstić information content (AvgIpc) is 0.738. The number of amides is 2. The van der Waals surface area contributed by atoms with E-state index in [4.69, 9.17) is 47.4 Å². The van der Waals surface area contributed by atoms with Crippen LogP contribution in [0.1, 0.15) is 92.4 Å². The lowest BCUT2D eigenvalue weighted by molar-refractivity contribution is -0.689. The zero-order chi connectivity index (χ0) is 94.1. The molecular formula is C120H120Cl4N6O12. The Balaban J connectivity index is 0.000000339. The third kappa shape index (κ3) is 30.7. The van der Waals surface area contributed by atoms with Gasteiger partial charge in [-0.1, -0.05) is 255 Å². The van der Waals surface area contributed by atoms with Crippen LogP contribution in [0.25, 0.3) is 22.3 Å². The predicted molar refractivity (Wildman–Crippen MR) is 537 cm³/mol. The van der Waals surface area contributed by atoms with Gasteiger partial charge in [-0.05, 0) is 152 Å². The van der Waals surface area contributed by atoms with Crippen molar-refractivity contribution in [2.24, 2.45) is 0 Å². The lowest BCUT2D eigenvalue weighted by Gasteiger charge is -2.36. The van der Waals surface area contributed by atoms with Gasteiger partial charge in [-0.15, -0.1) is 0 Å². The monoisotopic (exact) mass is 1980 g/mol. The van der Waals surface area contributed by atoms with Crippen molar-refractivity contribution < 1.29 is 125 Å². The highest BCUT2D eigenvalue weighted by molar-refractivity contribution is 5.83. The zero-order valence-electron chi connectivity index (χ0n) is 79.6. The molecule has 730 valence electrons. The minimum Gasteiger partial charge on any atom is -1.00 e. The fourth-order valence-electron chi connectivity index (χ4n) is 17.3. The summed E-state index contributed by atoms with van der Waals surface area (Å²) in [6.45, 7) is 10.2. The van der Waals surface area contributed by atoms with E-state index >= 15 is 0 Å². The molecule has 22 heteroatoms. The normalized spacial score (nSPS) is 11.4. The van der Waals surface area contributed by atoms with Gasteiger partial charge >= 0.3 is 0 Å². The van der Waals surface area contributed by atoms with Gasteiger partial charge in [-0.3, -0.25) is 9.59 Å². The maximum Gasteiger partial charge on any atom is 0.220 e. The Morgan fingerprint density at radius 1 is 0.211 bits per heavy atom. The second kappa shape index (κ2) is 57.0. The van der Waals surface area contributed by atoms with Crippen molar-refractivity contribution in [3.63, 3.8) is 0 Å². The van der Waals surface area contributed by atoms with Crippen molar-refractivity contribution in [1.82, 2.24) is 10.6 Å². The van der Waals surface area contributed by atoms with Gasteiger partial charge in [0.1, 0.15) is 60.9 Å². The molecule has 2 amide bonds. The molecule has 18 nitrogen and oxygen atoms in total. The molecule has 0 radical (unpaired) electrons. The van der Waals surface area contributed by atoms with Crippen molar-refractivity contribution in [2.75, 3.05) is 106 Å². The highest BCUT2D eigenvalue weighted by Crippen LogP contribution is 2.47. The van der Waals surface area contributed by atoms with E-state index in [1.807, 2.05) is 72.8 Å². The first kappa shape index (κ1) is 107. The van der Waals surface area contributed by atoms with Crippen LogP contribution in [0.2, 0.25) is 0 Å². The molecule has 2 N–H and O–H groups in total. The molecule has 0 unspecified atom stereocenters. The molecule has 0 spiro atoms. The topological polar surface area (TPSA) is 166 Å². The molecule has 16 aliphatic rings. The van der Waals surface area contributed by atoms with Gasteiger partial charge in [-0.25, -0.2) is 18.3 Å². The van der Waals surface area contributed by atoms with Crippen LogP contribution in [0.3, 0.4) is 0 Å². The standard InChI is InChI=1S/C84H88N2O12.C36H32N4.4ClH/c87-81(85-51-19-53-93-77-41-45-79(46-42-77)97-65-61-91-57-55-89-59-63-95-75-37-33-73(34-38-75)83(67-21-7-1-8-22-67,68-23-9-2-10-24-68)69-25-11-3-12-26-69)49-50-82(88)86-52-20-54-94-78-43-47-80(48-44-78)98-66-62-92-58-56-90-60-64-96-76-39-35-74(36-40-76)84(70-27-13-4-14-28-70,71-29-15-5-16-30-71)72-31-17-6-18-32-72;1-2-30-4-3-29(1)25-37-17-9-33(10-18-37)35-13-21-39(22-14-35)27-31-5-7-32(8-6-31)28-40-23-15-36(16-24-40)34-11-19-38(26-30)20-12-34;;;;/h1-18,21-48H,19-20,49-66H2,(H,85,87)(H,86,88);1-24H,25-28H2;4*1H/q;+4;;;;/p-4. The highest BCUT2D eigenvalue weighted by atomic mass is 35.5. The van der Waals surface area contributed by atoms with Crippen LogP contribution in [0.15, 0.2) is 426 Å². The number of nitrogens with one attached hydrogen (secondary N) is 2. The minimum absolute atomic E-state index is 0. The van der Waals surface area contributed by atoms with Crippen LogP contribution in [-0.2, 0) is 65.5 Å². The maximum atomic E-state index is 12.4. The molecule has 12 aromatic carbocycles. The summed E-state index contributed by atoms with van der Waals surface area (Å²) in [7, 11) is 0. The first-order valence-corrected chi connectivity index (χ1v) is 47.7. The number of ether oxygens (including phenoxy) is 10. The number of aromatic nitrogens is 4. The lowest BCUT2D eigenvalue weighted by atomic mass is 9.65. The Bertz CT molecular complexity index is 5600. The molecular weight excluding hydrogens is 1860 g/mol. The third-order valence-corrected chi connectivity index (χ3v) is 24.3. The largest absolute Gasteiger partial charge is 1.00 e. The summed E-state index contributed by atoms with van der Waals surface area (Å²) in [6.07, 6.45) is 18.8. The number of benzene rings is 12. The summed E-state index contributed by atoms with van der Waals surface area (Å²) in [5.74, 6) is 4.00. The number of carbonyl (C=O) groups is 2. The lowest BCUT2D eigenvalue weighted by Crippen LogP contribution is -3.00. The Hall–Kier alpha value is -14.0. The quantitative estimate of drug-likeness (QED) is 0.0222. The van der Waals surface area contributed by atoms with E-state index in [0.717, 1.165) is 48.8 Å². The molecule has 0 fully saturated rings. The summed E-state index contributed by atoms with van der Waals surface area (Å²) in [5, 5.41) is 5.72. The molecule has 32 rings (SSSR count). The Kier molecular flexibility index (Phi) is 42.9. The van der Waals surface area contributed by atoms with E-state index in [0.29, 0.717) is 141 Å². The van der Waals surface area contributed by atoms with Crippen LogP contribution in [0, 0.1) is 0 Å². The van der Waals surface area contributed by atoms with E-state index < -0.39 is 10.8 Å². The summed E-state index contributed by atoms with van der Waals surface area (Å²) in [5.41, 5.74) is 18.5. The minimum atomic E-state index is -0.505. The van der Waals surface area contributed by atoms with E-state index in [2.05, 4.69) is 382 Å². The molecule has 0 aliphatic carbocycles. The number of carbonyl (C=O) groups excluding carboxylic acids is 2. The van der Waals surface area contributed by atoms with Gasteiger partial charge < -0.3 is 108 Å². The Labute approximate surface area is 858 Å². The second-order valence-electron chi connectivity index (χ2n) is 33.8. The summed E-state index contributed by atoms with van der Waals surface area (Å²) < 4.78 is 67.5. The molecule has 4 aromatic heterocycles. The van der Waals surface area contributed by atoms with Crippen LogP contribution in [0.4, 0.5) is 0 Å². The second-order valence-corrected chi connectivity index (χ2v) is 33.8. The Morgan fingerprint density at radius 3 is 0.592 bits per heavy atom. The number of hydrogen-bond donors (Lipinski definition) is 2. The van der Waals surface area contributed by atoms with Crippen LogP contribution < -0.4 is 107 Å². The third-order valence-electron chi connectivity index (χ3n) is 24.3. The SMILES string of the molecule is O=C(CCC(=O)NCCCOc1ccc(OCCOCCOCCOc2ccc(C(c3ccccc3)(c3ccccc3)c3ccccc3)cc2)cc1)NCCCOc1ccc(OCCOCCOCCOc2ccc(C(c3ccccc3)(c3ccccc3)c3ccccc3)cc2)cc1.[Cl-].[Cl-].[Cl-].[Cl-].c1cc2ccc1C[n+]1ccc(cc1)-c1cc[n+](cc1)Cc1ccc(cc1)C[n+]1ccc(cc1)-c1cc[n+](cc1)C2. The van der Waals surface area contributed by atoms with Crippen molar-refractivity contribution >= 4 is 11.8 Å². The zero-order valence-corrected chi connectivity index (χ0v) is 82.6. The van der Waals surface area contributed by atoms with Gasteiger partial charge in [-0.2, -0.15) is 0 Å². The van der Waals surface area contributed by atoms with Gasteiger partial charge in [0.05, 0.1) is 76.9 Å². The molecule has 12 bridgehead atoms. The van der Waals surface area contributed by atoms with E-state index in [1.54, 1.807) is 0 Å². The molecule has 20 heterocycles. The first-order chi connectivity index (χ1) is 68.2. The smallest absolute Gasteiger partial charge is 0.220 e. The number of nitrogens with zero attached hydrogens (tertiary/aromatic N) is 4. The van der Waals surface area contributed by atoms with E-state index in [1.165, 1.54) is 77.9 Å². The average molecular weight is 1980 g/mol. The van der Waals surface area contributed by atoms with E-state index in [-0.39, 0.29) is 74.3 Å². The van der Waals surface area contributed by atoms with Crippen molar-refractivity contribution in [1.29, 1.82) is 0 Å². The number of rotatable bonds is 43. The van der Waals surface area contributed by atoms with Gasteiger partial charge in [0.2, 0.25) is 11.8 Å². The van der Waals surface area contributed by atoms with Crippen LogP contribution >= 0.6 is 0 Å². The van der Waals surface area contributed by atoms with Gasteiger partial charge in [0.15, 0.2) is 75.8 Å². The number of pyridine rings is 4. The molecule has 142 heavy (non-hydrogen) atoms. The molecule has 16 aliphatic heterocycles.